The highest BCUT2D eigenvalue weighted by atomic mass is 16.1. The van der Waals surface area contributed by atoms with Crippen LogP contribution < -0.4 is 5.46 Å². The Kier molecular flexibility index (Phi) is 6.19. The van der Waals surface area contributed by atoms with E-state index in [1.165, 1.54) is 0 Å². The van der Waals surface area contributed by atoms with Gasteiger partial charge in [0.15, 0.2) is 5.78 Å². The second kappa shape index (κ2) is 5.52. The molecule has 0 fully saturated rings. The number of ketones is 1. The van der Waals surface area contributed by atoms with Crippen LogP contribution >= 0.6 is 0 Å². The lowest BCUT2D eigenvalue weighted by Gasteiger charge is -1.94. The largest absolute Gasteiger partial charge is 0.412 e. The zero-order valence-electron chi connectivity index (χ0n) is 7.22. The number of carbonyl (C=O) groups is 1. The van der Waals surface area contributed by atoms with Gasteiger partial charge in [0.25, 0.3) is 0 Å². The maximum Gasteiger partial charge on any atom is 0.159 e. The van der Waals surface area contributed by atoms with Crippen LogP contribution in [0.4, 0.5) is 0 Å². The Morgan fingerprint density at radius 1 is 1.33 bits per heavy atom. The van der Waals surface area contributed by atoms with Crippen LogP contribution in [0.3, 0.4) is 0 Å². The summed E-state index contributed by atoms with van der Waals surface area (Å²) in [7, 11) is 1.98. The standard InChI is InChI=1S/C8H9BO.2H2O/c1-6(10)7-3-2-4-8(9)5-7;;/h2-5H,9H2,1H3;2*1H2. The first-order valence-electron chi connectivity index (χ1n) is 3.28. The van der Waals surface area contributed by atoms with Crippen LogP contribution in [0.15, 0.2) is 24.3 Å². The first kappa shape index (κ1) is 13.5. The van der Waals surface area contributed by atoms with E-state index in [-0.39, 0.29) is 16.7 Å². The van der Waals surface area contributed by atoms with Crippen molar-refractivity contribution in [2.24, 2.45) is 0 Å². The van der Waals surface area contributed by atoms with Crippen LogP contribution in [0.2, 0.25) is 0 Å². The quantitative estimate of drug-likeness (QED) is 0.371. The Balaban J connectivity index is 0. The van der Waals surface area contributed by atoms with E-state index in [9.17, 15) is 4.79 Å². The molecule has 4 N–H and O–H groups in total. The highest BCUT2D eigenvalue weighted by molar-refractivity contribution is 6.32. The molecule has 0 heterocycles. The third kappa shape index (κ3) is 3.32. The molecule has 0 radical (unpaired) electrons. The van der Waals surface area contributed by atoms with E-state index in [1.54, 1.807) is 6.92 Å². The second-order valence-electron chi connectivity index (χ2n) is 2.43. The van der Waals surface area contributed by atoms with Crippen LogP contribution in [0, 0.1) is 0 Å². The number of carbonyl (C=O) groups excluding carboxylic acids is 1. The summed E-state index contributed by atoms with van der Waals surface area (Å²) in [6.45, 7) is 1.58. The molecule has 0 aliphatic carbocycles. The molecule has 3 nitrogen and oxygen atoms in total. The van der Waals surface area contributed by atoms with Gasteiger partial charge in [0.2, 0.25) is 0 Å². The van der Waals surface area contributed by atoms with Crippen molar-refractivity contribution in [1.29, 1.82) is 0 Å². The Bertz CT molecular complexity index is 260. The van der Waals surface area contributed by atoms with Crippen LogP contribution in [0.1, 0.15) is 17.3 Å². The maximum absolute atomic E-state index is 10.8. The number of hydrogen-bond donors (Lipinski definition) is 0. The first-order valence-corrected chi connectivity index (χ1v) is 3.28. The molecular weight excluding hydrogens is 155 g/mol. The van der Waals surface area contributed by atoms with Crippen molar-refractivity contribution in [3.8, 4) is 0 Å². The Morgan fingerprint density at radius 3 is 2.25 bits per heavy atom. The molecule has 0 bridgehead atoms. The van der Waals surface area contributed by atoms with Crippen molar-refractivity contribution in [1.82, 2.24) is 0 Å². The van der Waals surface area contributed by atoms with Gasteiger partial charge in [0.1, 0.15) is 7.85 Å². The van der Waals surface area contributed by atoms with E-state index >= 15 is 0 Å². The maximum atomic E-state index is 10.8. The minimum absolute atomic E-state index is 0. The minimum atomic E-state index is 0. The molecule has 12 heavy (non-hydrogen) atoms. The van der Waals surface area contributed by atoms with E-state index < -0.39 is 0 Å². The van der Waals surface area contributed by atoms with Crippen LogP contribution in [0.25, 0.3) is 0 Å². The number of Topliss-reactive ketones (excluding diaryl/α,β-unsaturated/α-hetero) is 1. The normalized spacial score (nSPS) is 7.75. The van der Waals surface area contributed by atoms with Gasteiger partial charge in [-0.1, -0.05) is 29.7 Å². The summed E-state index contributed by atoms with van der Waals surface area (Å²) in [5.74, 6) is 0.128. The average molecular weight is 168 g/mol. The first-order chi connectivity index (χ1) is 4.70. The van der Waals surface area contributed by atoms with Gasteiger partial charge in [0, 0.05) is 5.56 Å². The van der Waals surface area contributed by atoms with Gasteiger partial charge in [-0.15, -0.1) is 0 Å². The summed E-state index contributed by atoms with van der Waals surface area (Å²) < 4.78 is 0. The fourth-order valence-electron chi connectivity index (χ4n) is 0.864. The van der Waals surface area contributed by atoms with Crippen molar-refractivity contribution >= 4 is 19.1 Å². The van der Waals surface area contributed by atoms with Gasteiger partial charge in [-0.25, -0.2) is 0 Å². The van der Waals surface area contributed by atoms with Gasteiger partial charge in [-0.05, 0) is 6.92 Å². The fraction of sp³-hybridized carbons (Fsp3) is 0.125. The molecule has 0 aliphatic rings. The average Bonchev–Trinajstić information content (AvgIpc) is 1.88. The van der Waals surface area contributed by atoms with E-state index in [2.05, 4.69) is 0 Å². The van der Waals surface area contributed by atoms with Crippen molar-refractivity contribution in [2.75, 3.05) is 0 Å². The Hall–Kier alpha value is -1.13. The Morgan fingerprint density at radius 2 is 1.92 bits per heavy atom. The molecule has 1 rings (SSSR count). The molecule has 1 aromatic rings. The van der Waals surface area contributed by atoms with E-state index in [4.69, 9.17) is 0 Å². The zero-order chi connectivity index (χ0) is 7.56. The molecule has 0 unspecified atom stereocenters. The van der Waals surface area contributed by atoms with Gasteiger partial charge < -0.3 is 11.0 Å². The van der Waals surface area contributed by atoms with Crippen LogP contribution in [-0.4, -0.2) is 24.6 Å². The van der Waals surface area contributed by atoms with Gasteiger partial charge >= 0.3 is 0 Å². The molecule has 0 aliphatic heterocycles. The van der Waals surface area contributed by atoms with Gasteiger partial charge in [-0.2, -0.15) is 0 Å². The van der Waals surface area contributed by atoms with E-state index in [1.807, 2.05) is 32.1 Å². The SMILES string of the molecule is Bc1cccc(C(C)=O)c1.O.O. The number of rotatable bonds is 1. The predicted molar refractivity (Wildman–Crippen MR) is 51.9 cm³/mol. The highest BCUT2D eigenvalue weighted by Crippen LogP contribution is 1.95. The monoisotopic (exact) mass is 168 g/mol. The number of hydrogen-bond acceptors (Lipinski definition) is 1. The highest BCUT2D eigenvalue weighted by Gasteiger charge is 1.95. The lowest BCUT2D eigenvalue weighted by molar-refractivity contribution is 0.101. The molecule has 0 saturated heterocycles. The van der Waals surface area contributed by atoms with Crippen LogP contribution in [0.5, 0.6) is 0 Å². The van der Waals surface area contributed by atoms with Crippen molar-refractivity contribution in [2.45, 2.75) is 6.92 Å². The smallest absolute Gasteiger partial charge is 0.159 e. The molecule has 0 spiro atoms. The topological polar surface area (TPSA) is 80.1 Å². The molecule has 4 heteroatoms. The molecule has 1 aromatic carbocycles. The molecular formula is C8H13BO3. The molecule has 0 amide bonds. The fourth-order valence-corrected chi connectivity index (χ4v) is 0.864. The summed E-state index contributed by atoms with van der Waals surface area (Å²) >= 11 is 0. The molecule has 0 atom stereocenters. The molecule has 0 saturated carbocycles. The third-order valence-electron chi connectivity index (χ3n) is 1.42. The minimum Gasteiger partial charge on any atom is -0.412 e. The lowest BCUT2D eigenvalue weighted by Crippen LogP contribution is -2.04. The third-order valence-corrected chi connectivity index (χ3v) is 1.42. The summed E-state index contributed by atoms with van der Waals surface area (Å²) in [5, 5.41) is 0. The summed E-state index contributed by atoms with van der Waals surface area (Å²) in [6, 6.07) is 7.59. The molecule has 0 aromatic heterocycles. The van der Waals surface area contributed by atoms with E-state index in [0.717, 1.165) is 11.0 Å². The molecule has 66 valence electrons. The van der Waals surface area contributed by atoms with Crippen molar-refractivity contribution < 1.29 is 15.7 Å². The zero-order valence-corrected chi connectivity index (χ0v) is 7.22. The lowest BCUT2D eigenvalue weighted by atomic mass is 9.94. The predicted octanol–water partition coefficient (Wildman–Crippen LogP) is -1.50. The van der Waals surface area contributed by atoms with Crippen LogP contribution in [-0.2, 0) is 0 Å². The summed E-state index contributed by atoms with van der Waals surface area (Å²) in [4.78, 5) is 10.8. The van der Waals surface area contributed by atoms with Gasteiger partial charge in [-0.3, -0.25) is 4.79 Å². The second-order valence-corrected chi connectivity index (χ2v) is 2.43. The number of benzene rings is 1. The Labute approximate surface area is 72.4 Å². The van der Waals surface area contributed by atoms with E-state index in [0.29, 0.717) is 0 Å². The van der Waals surface area contributed by atoms with Gasteiger partial charge in [0.05, 0.1) is 0 Å². The van der Waals surface area contributed by atoms with Crippen molar-refractivity contribution in [3.05, 3.63) is 29.8 Å². The summed E-state index contributed by atoms with van der Waals surface area (Å²) in [5.41, 5.74) is 1.92. The van der Waals surface area contributed by atoms with Crippen molar-refractivity contribution in [3.63, 3.8) is 0 Å². The summed E-state index contributed by atoms with van der Waals surface area (Å²) in [6.07, 6.45) is 0.